The first kappa shape index (κ1) is 16.7. The number of methoxy groups -OCH3 is 1. The molecule has 0 saturated carbocycles. The Hall–Kier alpha value is -1.17. The van der Waals surface area contributed by atoms with Gasteiger partial charge in [-0.05, 0) is 43.8 Å². The molecule has 0 aliphatic carbocycles. The molecule has 0 amide bonds. The van der Waals surface area contributed by atoms with Gasteiger partial charge in [-0.1, -0.05) is 6.07 Å². The largest absolute Gasteiger partial charge is 0.497 e. The molecule has 2 aliphatic rings. The smallest absolute Gasteiger partial charge is 0.131 e. The van der Waals surface area contributed by atoms with E-state index in [1.54, 1.807) is 19.2 Å². The van der Waals surface area contributed by atoms with Crippen LogP contribution in [0.25, 0.3) is 0 Å². The van der Waals surface area contributed by atoms with Crippen LogP contribution in [-0.2, 0) is 6.54 Å². The molecule has 0 bridgehead atoms. The Labute approximate surface area is 137 Å². The lowest BCUT2D eigenvalue weighted by Gasteiger charge is -2.23. The molecular formula is C18H27FN2O2. The summed E-state index contributed by atoms with van der Waals surface area (Å²) >= 11 is 0. The van der Waals surface area contributed by atoms with Gasteiger partial charge in [-0.2, -0.15) is 0 Å². The van der Waals surface area contributed by atoms with Crippen molar-refractivity contribution in [1.29, 1.82) is 0 Å². The normalized spacial score (nSPS) is 26.0. The van der Waals surface area contributed by atoms with Gasteiger partial charge in [0.2, 0.25) is 0 Å². The van der Waals surface area contributed by atoms with E-state index >= 15 is 0 Å². The molecule has 0 radical (unpaired) electrons. The first-order chi connectivity index (χ1) is 11.2. The summed E-state index contributed by atoms with van der Waals surface area (Å²) in [6.07, 6.45) is 2.58. The average Bonchev–Trinajstić information content (AvgIpc) is 3.19. The quantitative estimate of drug-likeness (QED) is 0.869. The van der Waals surface area contributed by atoms with Crippen LogP contribution in [0.4, 0.5) is 4.39 Å². The highest BCUT2D eigenvalue weighted by Gasteiger charge is 2.34. The number of rotatable bonds is 6. The van der Waals surface area contributed by atoms with Crippen molar-refractivity contribution in [2.45, 2.75) is 19.4 Å². The maximum absolute atomic E-state index is 14.1. The molecule has 2 heterocycles. The van der Waals surface area contributed by atoms with E-state index in [2.05, 4.69) is 9.80 Å². The number of halogens is 1. The van der Waals surface area contributed by atoms with E-state index in [0.29, 0.717) is 29.7 Å². The van der Waals surface area contributed by atoms with Crippen LogP contribution in [-0.4, -0.2) is 61.3 Å². The monoisotopic (exact) mass is 322 g/mol. The lowest BCUT2D eigenvalue weighted by atomic mass is 9.96. The first-order valence-corrected chi connectivity index (χ1v) is 8.57. The van der Waals surface area contributed by atoms with Crippen LogP contribution in [0.3, 0.4) is 0 Å². The molecule has 4 nitrogen and oxygen atoms in total. The van der Waals surface area contributed by atoms with Gasteiger partial charge >= 0.3 is 0 Å². The number of hydrogen-bond donors (Lipinski definition) is 1. The second kappa shape index (κ2) is 7.60. The third-order valence-electron chi connectivity index (χ3n) is 5.23. The number of aliphatic hydroxyl groups is 1. The molecule has 1 aromatic carbocycles. The van der Waals surface area contributed by atoms with E-state index in [9.17, 15) is 9.50 Å². The van der Waals surface area contributed by atoms with Gasteiger partial charge in [0, 0.05) is 44.4 Å². The standard InChI is InChI=1S/C18H27FN2O2/c1-23-17-5-4-14(18(19)8-17)9-21-11-15(16(12-21)13-22)10-20-6-2-3-7-20/h4-5,8,15-16,22H,2-3,6-7,9-13H2,1H3/t15-,16-/m1/s1. The fourth-order valence-corrected chi connectivity index (χ4v) is 3.90. The second-order valence-electron chi connectivity index (χ2n) is 6.86. The summed E-state index contributed by atoms with van der Waals surface area (Å²) in [6.45, 7) is 6.03. The van der Waals surface area contributed by atoms with E-state index in [1.165, 1.54) is 32.0 Å². The Bertz CT molecular complexity index is 520. The average molecular weight is 322 g/mol. The molecule has 2 aliphatic heterocycles. The molecule has 0 aromatic heterocycles. The van der Waals surface area contributed by atoms with E-state index < -0.39 is 0 Å². The maximum atomic E-state index is 14.1. The van der Waals surface area contributed by atoms with Crippen molar-refractivity contribution >= 4 is 0 Å². The molecule has 1 aromatic rings. The Balaban J connectivity index is 1.60. The van der Waals surface area contributed by atoms with Gasteiger partial charge in [0.05, 0.1) is 7.11 Å². The molecule has 2 atom stereocenters. The van der Waals surface area contributed by atoms with Crippen LogP contribution >= 0.6 is 0 Å². The van der Waals surface area contributed by atoms with Gasteiger partial charge in [-0.3, -0.25) is 4.90 Å². The van der Waals surface area contributed by atoms with Crippen molar-refractivity contribution in [3.8, 4) is 5.75 Å². The predicted molar refractivity (Wildman–Crippen MR) is 88.0 cm³/mol. The van der Waals surface area contributed by atoms with Crippen LogP contribution in [0.2, 0.25) is 0 Å². The Morgan fingerprint density at radius 3 is 2.57 bits per heavy atom. The van der Waals surface area contributed by atoms with Gasteiger partial charge in [0.1, 0.15) is 11.6 Å². The van der Waals surface area contributed by atoms with Gasteiger partial charge in [-0.15, -0.1) is 0 Å². The minimum absolute atomic E-state index is 0.215. The van der Waals surface area contributed by atoms with E-state index in [0.717, 1.165) is 19.6 Å². The van der Waals surface area contributed by atoms with Crippen LogP contribution in [0.15, 0.2) is 18.2 Å². The summed E-state index contributed by atoms with van der Waals surface area (Å²) < 4.78 is 19.2. The van der Waals surface area contributed by atoms with E-state index in [-0.39, 0.29) is 12.4 Å². The van der Waals surface area contributed by atoms with Crippen LogP contribution in [0, 0.1) is 17.7 Å². The number of hydrogen-bond acceptors (Lipinski definition) is 4. The maximum Gasteiger partial charge on any atom is 0.131 e. The van der Waals surface area contributed by atoms with Crippen LogP contribution < -0.4 is 4.74 Å². The van der Waals surface area contributed by atoms with Gasteiger partial charge in [0.25, 0.3) is 0 Å². The Morgan fingerprint density at radius 1 is 1.17 bits per heavy atom. The lowest BCUT2D eigenvalue weighted by Crippen LogP contribution is -2.31. The van der Waals surface area contributed by atoms with Crippen molar-refractivity contribution in [2.75, 3.05) is 46.4 Å². The predicted octanol–water partition coefficient (Wildman–Crippen LogP) is 1.97. The molecule has 0 unspecified atom stereocenters. The summed E-state index contributed by atoms with van der Waals surface area (Å²) in [4.78, 5) is 4.78. The fourth-order valence-electron chi connectivity index (χ4n) is 3.90. The Morgan fingerprint density at radius 2 is 1.91 bits per heavy atom. The summed E-state index contributed by atoms with van der Waals surface area (Å²) in [7, 11) is 1.55. The first-order valence-electron chi connectivity index (χ1n) is 8.57. The van der Waals surface area contributed by atoms with Crippen LogP contribution in [0.5, 0.6) is 5.75 Å². The zero-order valence-corrected chi connectivity index (χ0v) is 13.9. The van der Waals surface area contributed by atoms with Crippen molar-refractivity contribution < 1.29 is 14.2 Å². The zero-order chi connectivity index (χ0) is 16.2. The highest BCUT2D eigenvalue weighted by Crippen LogP contribution is 2.27. The SMILES string of the molecule is COc1ccc(CN2C[C@@H](CN3CCCC3)[C@@H](CO)C2)c(F)c1. The minimum Gasteiger partial charge on any atom is -0.497 e. The summed E-state index contributed by atoms with van der Waals surface area (Å²) in [6, 6.07) is 5.05. The number of benzene rings is 1. The summed E-state index contributed by atoms with van der Waals surface area (Å²) in [5, 5.41) is 9.68. The number of ether oxygens (including phenoxy) is 1. The van der Waals surface area contributed by atoms with Gasteiger partial charge in [0.15, 0.2) is 0 Å². The number of nitrogens with zero attached hydrogens (tertiary/aromatic N) is 2. The van der Waals surface area contributed by atoms with Crippen molar-refractivity contribution in [2.24, 2.45) is 11.8 Å². The number of aliphatic hydroxyl groups excluding tert-OH is 1. The van der Waals surface area contributed by atoms with Gasteiger partial charge < -0.3 is 14.7 Å². The summed E-state index contributed by atoms with van der Waals surface area (Å²) in [5.74, 6) is 1.12. The molecule has 2 fully saturated rings. The van der Waals surface area contributed by atoms with Gasteiger partial charge in [-0.25, -0.2) is 4.39 Å². The van der Waals surface area contributed by atoms with Crippen LogP contribution in [0.1, 0.15) is 18.4 Å². The molecule has 128 valence electrons. The third kappa shape index (κ3) is 4.03. The van der Waals surface area contributed by atoms with Crippen molar-refractivity contribution in [3.05, 3.63) is 29.6 Å². The highest BCUT2D eigenvalue weighted by atomic mass is 19.1. The fraction of sp³-hybridized carbons (Fsp3) is 0.667. The lowest BCUT2D eigenvalue weighted by molar-refractivity contribution is 0.175. The summed E-state index contributed by atoms with van der Waals surface area (Å²) in [5.41, 5.74) is 0.698. The molecule has 5 heteroatoms. The topological polar surface area (TPSA) is 35.9 Å². The van der Waals surface area contributed by atoms with Crippen molar-refractivity contribution in [1.82, 2.24) is 9.80 Å². The minimum atomic E-state index is -0.215. The number of likely N-dealkylation sites (tertiary alicyclic amines) is 2. The molecule has 2 saturated heterocycles. The Kier molecular flexibility index (Phi) is 5.51. The highest BCUT2D eigenvalue weighted by molar-refractivity contribution is 5.28. The second-order valence-corrected chi connectivity index (χ2v) is 6.86. The van der Waals surface area contributed by atoms with Crippen molar-refractivity contribution in [3.63, 3.8) is 0 Å². The molecule has 0 spiro atoms. The third-order valence-corrected chi connectivity index (χ3v) is 5.23. The molecule has 1 N–H and O–H groups in total. The van der Waals surface area contributed by atoms with E-state index in [1.807, 2.05) is 0 Å². The molecule has 23 heavy (non-hydrogen) atoms. The molecular weight excluding hydrogens is 295 g/mol. The zero-order valence-electron chi connectivity index (χ0n) is 13.9. The van der Waals surface area contributed by atoms with E-state index in [4.69, 9.17) is 4.74 Å². The molecule has 3 rings (SSSR count).